The maximum atomic E-state index is 3.39. The molecule has 0 bridgehead atoms. The van der Waals surface area contributed by atoms with E-state index < -0.39 is 6.63 Å². The fourth-order valence-electron chi connectivity index (χ4n) is 0. The van der Waals surface area contributed by atoms with Crippen molar-refractivity contribution in [1.29, 1.82) is 0 Å². The second kappa shape index (κ2) is 1.54. The molecule has 0 aliphatic heterocycles. The van der Waals surface area contributed by atoms with Gasteiger partial charge in [0, 0.05) is 35.9 Å². The van der Waals surface area contributed by atoms with Gasteiger partial charge in [0.2, 0.25) is 0 Å². The third-order valence-electron chi connectivity index (χ3n) is 0. The molecule has 0 rings (SSSR count). The summed E-state index contributed by atoms with van der Waals surface area (Å²) in [5.41, 5.74) is 0. The summed E-state index contributed by atoms with van der Waals surface area (Å²) in [5, 5.41) is 0. The van der Waals surface area contributed by atoms with Gasteiger partial charge in [0.05, 0.1) is 0 Å². The molecule has 0 saturated heterocycles. The van der Waals surface area contributed by atoms with Gasteiger partial charge in [-0.1, -0.05) is 6.55 Å². The molecule has 4 heteroatoms. The molecule has 0 amide bonds. The van der Waals surface area contributed by atoms with E-state index in [1.807, 2.05) is 0 Å². The molecule has 0 saturated carbocycles. The summed E-state index contributed by atoms with van der Waals surface area (Å²) < 4.78 is 0. The van der Waals surface area contributed by atoms with Crippen LogP contribution in [0.3, 0.4) is 0 Å². The van der Waals surface area contributed by atoms with Crippen LogP contribution in [0.5, 0.6) is 0 Å². The van der Waals surface area contributed by atoms with Gasteiger partial charge >= 0.3 is 0 Å². The van der Waals surface area contributed by atoms with E-state index in [1.165, 1.54) is 0 Å². The Morgan fingerprint density at radius 1 is 1.20 bits per heavy atom. The van der Waals surface area contributed by atoms with E-state index >= 15 is 0 Å². The van der Waals surface area contributed by atoms with Crippen LogP contribution < -0.4 is 0 Å². The highest BCUT2D eigenvalue weighted by atomic mass is 29.8. The van der Waals surface area contributed by atoms with Gasteiger partial charge in [0.15, 0.2) is 0 Å². The second-order valence-electron chi connectivity index (χ2n) is 1.12. The molecule has 0 aliphatic carbocycles. The molecule has 0 aromatic rings. The van der Waals surface area contributed by atoms with E-state index in [-0.39, 0.29) is 0 Å². The smallest absolute Gasteiger partial charge is 0.00849 e. The minimum Gasteiger partial charge on any atom is -0.0765 e. The zero-order chi connectivity index (χ0) is 4.50. The molecular weight excluding hydrogens is 124 g/mol. The van der Waals surface area contributed by atoms with E-state index in [0.29, 0.717) is 0 Å². The first-order valence-electron chi connectivity index (χ1n) is 1.25. The summed E-state index contributed by atoms with van der Waals surface area (Å²) in [6, 6.07) is 0. The lowest BCUT2D eigenvalue weighted by Crippen LogP contribution is -2.32. The number of hydrogen-bond donors (Lipinski definition) is 0. The van der Waals surface area contributed by atoms with Gasteiger partial charge in [-0.05, 0) is 0 Å². The largest absolute Gasteiger partial charge is 0.0765 e. The van der Waals surface area contributed by atoms with Crippen LogP contribution in [0.25, 0.3) is 0 Å². The van der Waals surface area contributed by atoms with Crippen LogP contribution in [0.1, 0.15) is 0 Å². The standard InChI is InChI=1S/CH3Si4/c1-5(2,3)4/h1H3. The SMILES string of the molecule is C[Si]([Si])([Si])[Si]. The van der Waals surface area contributed by atoms with Crippen LogP contribution in [-0.2, 0) is 0 Å². The highest BCUT2D eigenvalue weighted by molar-refractivity contribution is 7.59. The van der Waals surface area contributed by atoms with Crippen LogP contribution in [0, 0.1) is 0 Å². The lowest BCUT2D eigenvalue weighted by Gasteiger charge is -2.00. The first-order chi connectivity index (χ1) is 2.00. The molecule has 0 heterocycles. The van der Waals surface area contributed by atoms with Crippen LogP contribution in [0.15, 0.2) is 0 Å². The first-order valence-corrected chi connectivity index (χ1v) is 8.25. The highest BCUT2D eigenvalue weighted by Crippen LogP contribution is 1.72. The molecule has 23 valence electrons. The van der Waals surface area contributed by atoms with Crippen molar-refractivity contribution in [3.05, 3.63) is 0 Å². The predicted octanol–water partition coefficient (Wildman–Crippen LogP) is -0.939. The summed E-state index contributed by atoms with van der Waals surface area (Å²) in [7, 11) is 10.2. The second-order valence-corrected chi connectivity index (χ2v) is 16.9. The summed E-state index contributed by atoms with van der Waals surface area (Å²) in [6.45, 7) is 0.873. The molecule has 0 aliphatic rings. The van der Waals surface area contributed by atoms with Crippen LogP contribution in [0.4, 0.5) is 0 Å². The topological polar surface area (TPSA) is 0 Å². The lowest BCUT2D eigenvalue weighted by molar-refractivity contribution is 2.31. The van der Waals surface area contributed by atoms with Crippen molar-refractivity contribution in [3.63, 3.8) is 0 Å². The molecule has 0 N–H and O–H groups in total. The van der Waals surface area contributed by atoms with E-state index in [9.17, 15) is 0 Å². The van der Waals surface area contributed by atoms with E-state index in [2.05, 4.69) is 35.8 Å². The average Bonchev–Trinajstić information content (AvgIpc) is 0.722. The van der Waals surface area contributed by atoms with Gasteiger partial charge in [0.25, 0.3) is 0 Å². The van der Waals surface area contributed by atoms with Gasteiger partial charge in [-0.15, -0.1) is 0 Å². The van der Waals surface area contributed by atoms with Crippen LogP contribution in [0.2, 0.25) is 6.55 Å². The van der Waals surface area contributed by atoms with Gasteiger partial charge in [0.1, 0.15) is 0 Å². The summed E-state index contributed by atoms with van der Waals surface area (Å²) in [5.74, 6) is 0. The van der Waals surface area contributed by atoms with Gasteiger partial charge in [-0.25, -0.2) is 0 Å². The average molecular weight is 127 g/mol. The van der Waals surface area contributed by atoms with Crippen molar-refractivity contribution in [3.8, 4) is 0 Å². The Kier molecular flexibility index (Phi) is 1.81. The lowest BCUT2D eigenvalue weighted by atomic mass is 11.9. The highest BCUT2D eigenvalue weighted by Gasteiger charge is 2.00. The third-order valence-corrected chi connectivity index (χ3v) is 0. The third kappa shape index (κ3) is 53.2. The molecule has 0 aromatic carbocycles. The molecular formula is CH3Si4. The minimum atomic E-state index is -1.19. The van der Waals surface area contributed by atoms with Crippen molar-refractivity contribution in [2.24, 2.45) is 0 Å². The number of rotatable bonds is 0. The quantitative estimate of drug-likeness (QED) is 0.369. The van der Waals surface area contributed by atoms with Crippen LogP contribution in [-0.4, -0.2) is 35.9 Å². The Morgan fingerprint density at radius 2 is 1.20 bits per heavy atom. The predicted molar refractivity (Wildman–Crippen MR) is 28.9 cm³/mol. The van der Waals surface area contributed by atoms with Crippen molar-refractivity contribution >= 4 is 35.9 Å². The van der Waals surface area contributed by atoms with Gasteiger partial charge < -0.3 is 0 Å². The van der Waals surface area contributed by atoms with Crippen molar-refractivity contribution in [1.82, 2.24) is 0 Å². The molecule has 0 spiro atoms. The molecule has 0 aromatic heterocycles. The van der Waals surface area contributed by atoms with E-state index in [4.69, 9.17) is 0 Å². The monoisotopic (exact) mass is 127 g/mol. The van der Waals surface area contributed by atoms with E-state index in [0.717, 1.165) is 0 Å². The fraction of sp³-hybridized carbons (Fsp3) is 1.00. The normalized spacial score (nSPS) is 12.0. The molecule has 9 radical (unpaired) electrons. The Morgan fingerprint density at radius 3 is 1.20 bits per heavy atom. The van der Waals surface area contributed by atoms with Gasteiger partial charge in [-0.2, -0.15) is 0 Å². The Hall–Kier alpha value is 0.868. The van der Waals surface area contributed by atoms with Gasteiger partial charge in [-0.3, -0.25) is 0 Å². The number of hydrogen-bond acceptors (Lipinski definition) is 0. The maximum absolute atomic E-state index is 3.39. The maximum Gasteiger partial charge on any atom is 0.00849 e. The fourth-order valence-corrected chi connectivity index (χ4v) is 0. The van der Waals surface area contributed by atoms with Crippen molar-refractivity contribution in [2.45, 2.75) is 6.55 Å². The summed E-state index contributed by atoms with van der Waals surface area (Å²) in [4.78, 5) is 0. The Bertz CT molecular complexity index is 19.1. The summed E-state index contributed by atoms with van der Waals surface area (Å²) >= 11 is 0. The van der Waals surface area contributed by atoms with E-state index in [1.54, 1.807) is 0 Å². The summed E-state index contributed by atoms with van der Waals surface area (Å²) in [6.07, 6.45) is 0. The Balaban J connectivity index is 3.02. The molecule has 0 unspecified atom stereocenters. The van der Waals surface area contributed by atoms with Crippen molar-refractivity contribution in [2.75, 3.05) is 0 Å². The minimum absolute atomic E-state index is 1.19. The van der Waals surface area contributed by atoms with Crippen LogP contribution >= 0.6 is 0 Å². The first kappa shape index (κ1) is 5.87. The Labute approximate surface area is 43.0 Å². The van der Waals surface area contributed by atoms with Crippen molar-refractivity contribution < 1.29 is 0 Å². The zero-order valence-electron chi connectivity index (χ0n) is 3.00. The molecule has 0 nitrogen and oxygen atoms in total. The molecule has 0 atom stereocenters. The zero-order valence-corrected chi connectivity index (χ0v) is 7.00. The molecule has 0 fully saturated rings. The molecule has 5 heavy (non-hydrogen) atoms.